The fraction of sp³-hybridized carbons (Fsp3) is 0.545. The maximum absolute atomic E-state index is 4.51. The summed E-state index contributed by atoms with van der Waals surface area (Å²) in [6.07, 6.45) is 2.53. The number of thioether (sulfide) groups is 1. The number of hydrogen-bond acceptors (Lipinski definition) is 3. The summed E-state index contributed by atoms with van der Waals surface area (Å²) in [4.78, 5) is 4.51. The molecule has 92 valence electrons. The van der Waals surface area contributed by atoms with Gasteiger partial charge in [-0.15, -0.1) is 36.6 Å². The molecule has 2 nitrogen and oxygen atoms in total. The van der Waals surface area contributed by atoms with Crippen LogP contribution in [0.4, 0.5) is 0 Å². The van der Waals surface area contributed by atoms with Crippen molar-refractivity contribution < 1.29 is 0 Å². The van der Waals surface area contributed by atoms with E-state index < -0.39 is 0 Å². The minimum absolute atomic E-state index is 0. The highest BCUT2D eigenvalue weighted by molar-refractivity contribution is 7.99. The zero-order chi connectivity index (χ0) is 9.80. The summed E-state index contributed by atoms with van der Waals surface area (Å²) in [6.45, 7) is 4.36. The smallest absolute Gasteiger partial charge is 0.0965 e. The van der Waals surface area contributed by atoms with Crippen LogP contribution in [0.5, 0.6) is 0 Å². The van der Waals surface area contributed by atoms with E-state index in [0.29, 0.717) is 0 Å². The van der Waals surface area contributed by atoms with Crippen LogP contribution in [0.3, 0.4) is 0 Å². The molecule has 0 spiro atoms. The molecule has 1 aliphatic heterocycles. The van der Waals surface area contributed by atoms with E-state index in [4.69, 9.17) is 0 Å². The molecule has 1 N–H and O–H groups in total. The maximum atomic E-state index is 4.51. The third-order valence-corrected chi connectivity index (χ3v) is 3.71. The highest BCUT2D eigenvalue weighted by Gasteiger charge is 2.14. The summed E-state index contributed by atoms with van der Waals surface area (Å²) in [5.41, 5.74) is 1.11. The Balaban J connectivity index is 0.00000112. The van der Waals surface area contributed by atoms with E-state index in [1.165, 1.54) is 17.9 Å². The van der Waals surface area contributed by atoms with Gasteiger partial charge < -0.3 is 5.32 Å². The summed E-state index contributed by atoms with van der Waals surface area (Å²) in [5, 5.41) is 5.31. The number of nitrogens with one attached hydrogen (secondary N) is 1. The van der Waals surface area contributed by atoms with Crippen molar-refractivity contribution in [1.82, 2.24) is 10.3 Å². The number of aryl methyl sites for hydroxylation is 1. The molecule has 5 heteroatoms. The molecule has 0 radical (unpaired) electrons. The van der Waals surface area contributed by atoms with Gasteiger partial charge in [0.2, 0.25) is 0 Å². The van der Waals surface area contributed by atoms with Crippen LogP contribution in [0.15, 0.2) is 23.2 Å². The quantitative estimate of drug-likeness (QED) is 0.901. The Kier molecular flexibility index (Phi) is 8.20. The van der Waals surface area contributed by atoms with Crippen molar-refractivity contribution in [3.05, 3.63) is 23.9 Å². The van der Waals surface area contributed by atoms with E-state index in [-0.39, 0.29) is 24.8 Å². The first-order valence-electron chi connectivity index (χ1n) is 5.15. The Hall–Kier alpha value is 0.0400. The first-order chi connectivity index (χ1) is 6.84. The molecule has 0 aromatic carbocycles. The van der Waals surface area contributed by atoms with E-state index in [0.717, 1.165) is 24.0 Å². The van der Waals surface area contributed by atoms with Gasteiger partial charge in [-0.3, -0.25) is 0 Å². The van der Waals surface area contributed by atoms with Gasteiger partial charge in [-0.05, 0) is 45.0 Å². The lowest BCUT2D eigenvalue weighted by molar-refractivity contribution is 0.531. The second kappa shape index (κ2) is 8.18. The van der Waals surface area contributed by atoms with Gasteiger partial charge >= 0.3 is 0 Å². The van der Waals surface area contributed by atoms with Crippen molar-refractivity contribution in [2.24, 2.45) is 0 Å². The lowest BCUT2D eigenvalue weighted by atomic mass is 10.2. The van der Waals surface area contributed by atoms with Crippen molar-refractivity contribution in [3.63, 3.8) is 0 Å². The van der Waals surface area contributed by atoms with Crippen molar-refractivity contribution in [2.45, 2.75) is 30.0 Å². The van der Waals surface area contributed by atoms with Gasteiger partial charge in [0.05, 0.1) is 5.03 Å². The van der Waals surface area contributed by atoms with E-state index in [9.17, 15) is 0 Å². The predicted molar refractivity (Wildman–Crippen MR) is 75.2 cm³/mol. The van der Waals surface area contributed by atoms with Crippen molar-refractivity contribution >= 4 is 36.6 Å². The summed E-state index contributed by atoms with van der Waals surface area (Å²) in [6, 6.07) is 6.25. The Labute approximate surface area is 114 Å². The zero-order valence-electron chi connectivity index (χ0n) is 9.31. The summed E-state index contributed by atoms with van der Waals surface area (Å²) < 4.78 is 0. The minimum atomic E-state index is 0. The Morgan fingerprint density at radius 1 is 1.25 bits per heavy atom. The van der Waals surface area contributed by atoms with Crippen molar-refractivity contribution in [2.75, 3.05) is 13.1 Å². The summed E-state index contributed by atoms with van der Waals surface area (Å²) in [7, 11) is 0. The van der Waals surface area contributed by atoms with E-state index >= 15 is 0 Å². The molecule has 1 aromatic rings. The lowest BCUT2D eigenvalue weighted by Crippen LogP contribution is -2.29. The molecule has 0 aliphatic carbocycles. The molecule has 0 unspecified atom stereocenters. The Morgan fingerprint density at radius 3 is 2.56 bits per heavy atom. The predicted octanol–water partition coefficient (Wildman–Crippen LogP) is 3.08. The van der Waals surface area contributed by atoms with Gasteiger partial charge in [0, 0.05) is 10.9 Å². The molecule has 0 atom stereocenters. The average Bonchev–Trinajstić information content (AvgIpc) is 2.19. The third-order valence-electron chi connectivity index (χ3n) is 2.44. The van der Waals surface area contributed by atoms with Gasteiger partial charge in [-0.1, -0.05) is 6.07 Å². The second-order valence-corrected chi connectivity index (χ2v) is 5.01. The maximum Gasteiger partial charge on any atom is 0.0965 e. The lowest BCUT2D eigenvalue weighted by Gasteiger charge is -2.21. The van der Waals surface area contributed by atoms with Gasteiger partial charge in [0.1, 0.15) is 0 Å². The topological polar surface area (TPSA) is 24.9 Å². The number of pyridine rings is 1. The molecule has 0 saturated carbocycles. The largest absolute Gasteiger partial charge is 0.317 e. The molecule has 1 aromatic heterocycles. The Morgan fingerprint density at radius 2 is 1.94 bits per heavy atom. The minimum Gasteiger partial charge on any atom is -0.317 e. The number of rotatable bonds is 2. The van der Waals surface area contributed by atoms with E-state index in [1.807, 2.05) is 24.8 Å². The van der Waals surface area contributed by atoms with Crippen LogP contribution in [0, 0.1) is 6.92 Å². The van der Waals surface area contributed by atoms with Gasteiger partial charge in [0.25, 0.3) is 0 Å². The van der Waals surface area contributed by atoms with Gasteiger partial charge in [-0.25, -0.2) is 4.98 Å². The third kappa shape index (κ3) is 4.91. The highest BCUT2D eigenvalue weighted by Crippen LogP contribution is 2.26. The molecule has 1 fully saturated rings. The zero-order valence-corrected chi connectivity index (χ0v) is 11.8. The molecule has 2 rings (SSSR count). The number of hydrogen-bond donors (Lipinski definition) is 1. The van der Waals surface area contributed by atoms with Crippen LogP contribution in [-0.2, 0) is 0 Å². The molecular formula is C11H18Cl2N2S. The van der Waals surface area contributed by atoms with Crippen LogP contribution in [0.1, 0.15) is 18.5 Å². The SMILES string of the molecule is Cc1cccc(SC2CCNCC2)n1.Cl.Cl. The van der Waals surface area contributed by atoms with E-state index in [1.54, 1.807) is 0 Å². The molecular weight excluding hydrogens is 263 g/mol. The van der Waals surface area contributed by atoms with Crippen LogP contribution >= 0.6 is 36.6 Å². The molecule has 1 saturated heterocycles. The fourth-order valence-corrected chi connectivity index (χ4v) is 2.83. The van der Waals surface area contributed by atoms with E-state index in [2.05, 4.69) is 22.4 Å². The van der Waals surface area contributed by atoms with Gasteiger partial charge in [-0.2, -0.15) is 0 Å². The van der Waals surface area contributed by atoms with Crippen molar-refractivity contribution in [3.8, 4) is 0 Å². The number of aromatic nitrogens is 1. The van der Waals surface area contributed by atoms with Crippen LogP contribution in [-0.4, -0.2) is 23.3 Å². The monoisotopic (exact) mass is 280 g/mol. The molecule has 16 heavy (non-hydrogen) atoms. The molecule has 0 bridgehead atoms. The molecule has 2 heterocycles. The van der Waals surface area contributed by atoms with Crippen LogP contribution < -0.4 is 5.32 Å². The van der Waals surface area contributed by atoms with Gasteiger partial charge in [0.15, 0.2) is 0 Å². The van der Waals surface area contributed by atoms with Crippen molar-refractivity contribution in [1.29, 1.82) is 0 Å². The average molecular weight is 281 g/mol. The normalized spacial score (nSPS) is 16.1. The number of piperidine rings is 1. The fourth-order valence-electron chi connectivity index (χ4n) is 1.67. The second-order valence-electron chi connectivity index (χ2n) is 3.68. The Bertz CT molecular complexity index is 304. The summed E-state index contributed by atoms with van der Waals surface area (Å²) in [5.74, 6) is 0. The standard InChI is InChI=1S/C11H16N2S.2ClH/c1-9-3-2-4-11(13-9)14-10-5-7-12-8-6-10;;/h2-4,10,12H,5-8H2,1H3;2*1H. The number of nitrogens with zero attached hydrogens (tertiary/aromatic N) is 1. The number of halogens is 2. The highest BCUT2D eigenvalue weighted by atomic mass is 35.5. The summed E-state index contributed by atoms with van der Waals surface area (Å²) >= 11 is 1.93. The first kappa shape index (κ1) is 16.0. The molecule has 0 amide bonds. The van der Waals surface area contributed by atoms with Crippen LogP contribution in [0.2, 0.25) is 0 Å². The molecule has 1 aliphatic rings. The first-order valence-corrected chi connectivity index (χ1v) is 6.03. The van der Waals surface area contributed by atoms with Crippen LogP contribution in [0.25, 0.3) is 0 Å².